The van der Waals surface area contributed by atoms with Crippen LogP contribution in [0, 0.1) is 11.8 Å². The van der Waals surface area contributed by atoms with E-state index in [1.54, 1.807) is 6.92 Å². The van der Waals surface area contributed by atoms with Crippen molar-refractivity contribution >= 4 is 18.0 Å². The number of hydrogen-bond acceptors (Lipinski definition) is 5. The summed E-state index contributed by atoms with van der Waals surface area (Å²) in [7, 11) is 1.45. The van der Waals surface area contributed by atoms with Crippen molar-refractivity contribution in [1.82, 2.24) is 10.6 Å². The second kappa shape index (κ2) is 10.5. The van der Waals surface area contributed by atoms with Gasteiger partial charge in [0.05, 0.1) is 12.5 Å². The molecule has 2 aliphatic carbocycles. The molecule has 3 N–H and O–H groups in total. The first-order chi connectivity index (χ1) is 16.8. The van der Waals surface area contributed by atoms with Gasteiger partial charge < -0.3 is 25.2 Å². The molecule has 0 heterocycles. The molecule has 8 nitrogen and oxygen atoms in total. The summed E-state index contributed by atoms with van der Waals surface area (Å²) < 4.78 is 10.8. The van der Waals surface area contributed by atoms with Crippen LogP contribution in [0.3, 0.4) is 0 Å². The Labute approximate surface area is 205 Å². The van der Waals surface area contributed by atoms with Gasteiger partial charge in [-0.3, -0.25) is 9.59 Å². The van der Waals surface area contributed by atoms with Crippen molar-refractivity contribution < 1.29 is 29.0 Å². The highest BCUT2D eigenvalue weighted by molar-refractivity contribution is 5.90. The van der Waals surface area contributed by atoms with E-state index in [-0.39, 0.29) is 31.6 Å². The molecule has 2 amide bonds. The van der Waals surface area contributed by atoms with Gasteiger partial charge in [-0.2, -0.15) is 0 Å². The Kier molecular flexibility index (Phi) is 7.40. The first-order valence-corrected chi connectivity index (χ1v) is 12.0. The van der Waals surface area contributed by atoms with E-state index in [9.17, 15) is 19.5 Å². The van der Waals surface area contributed by atoms with Gasteiger partial charge in [-0.05, 0) is 47.9 Å². The van der Waals surface area contributed by atoms with E-state index in [1.807, 2.05) is 36.4 Å². The molecule has 0 saturated heterocycles. The molecule has 0 aliphatic heterocycles. The first kappa shape index (κ1) is 24.7. The Morgan fingerprint density at radius 1 is 1.03 bits per heavy atom. The average Bonchev–Trinajstić information content (AvgIpc) is 3.44. The molecule has 4 rings (SSSR count). The third-order valence-electron chi connectivity index (χ3n) is 7.16. The summed E-state index contributed by atoms with van der Waals surface area (Å²) in [4.78, 5) is 37.2. The Hall–Kier alpha value is -3.39. The number of methoxy groups -OCH3 is 1. The molecule has 1 unspecified atom stereocenters. The number of carboxylic acid groups (broad SMARTS) is 1. The standard InChI is InChI=1S/C27H32N2O6/c1-27(16-34-2,25(32)28-14-17-8-7-13-18(17)24(30)31)29-26(33)35-15-23-21-11-5-3-9-19(21)20-10-4-6-12-22(20)23/h3-6,9-12,17-18,23H,7-8,13-16H2,1-2H3,(H,28,32)(H,29,33)(H,30,31)/t17-,18-,27?/m0/s1. The largest absolute Gasteiger partial charge is 0.481 e. The van der Waals surface area contributed by atoms with Crippen LogP contribution < -0.4 is 10.6 Å². The maximum atomic E-state index is 13.0. The van der Waals surface area contributed by atoms with Crippen molar-refractivity contribution in [2.24, 2.45) is 11.8 Å². The fourth-order valence-electron chi connectivity index (χ4n) is 5.33. The van der Waals surface area contributed by atoms with E-state index in [4.69, 9.17) is 9.47 Å². The number of ether oxygens (including phenoxy) is 2. The molecule has 35 heavy (non-hydrogen) atoms. The van der Waals surface area contributed by atoms with Crippen molar-refractivity contribution in [2.75, 3.05) is 26.9 Å². The van der Waals surface area contributed by atoms with Gasteiger partial charge in [0.2, 0.25) is 5.91 Å². The van der Waals surface area contributed by atoms with Crippen LogP contribution in [0.4, 0.5) is 4.79 Å². The minimum atomic E-state index is -1.37. The van der Waals surface area contributed by atoms with Gasteiger partial charge in [-0.1, -0.05) is 55.0 Å². The third kappa shape index (κ3) is 5.17. The monoisotopic (exact) mass is 480 g/mol. The topological polar surface area (TPSA) is 114 Å². The van der Waals surface area contributed by atoms with Crippen molar-refractivity contribution in [3.05, 3.63) is 59.7 Å². The molecule has 0 radical (unpaired) electrons. The molecule has 2 aliphatic rings. The number of amides is 2. The lowest BCUT2D eigenvalue weighted by Gasteiger charge is -2.29. The first-order valence-electron chi connectivity index (χ1n) is 12.0. The van der Waals surface area contributed by atoms with E-state index in [2.05, 4.69) is 22.8 Å². The fourth-order valence-corrected chi connectivity index (χ4v) is 5.33. The zero-order valence-electron chi connectivity index (χ0n) is 20.1. The quantitative estimate of drug-likeness (QED) is 0.506. The van der Waals surface area contributed by atoms with Gasteiger partial charge in [-0.15, -0.1) is 0 Å². The van der Waals surface area contributed by atoms with Gasteiger partial charge in [-0.25, -0.2) is 4.79 Å². The number of carboxylic acids is 1. The number of carbonyl (C=O) groups is 3. The SMILES string of the molecule is COCC(C)(NC(=O)OCC1c2ccccc2-c2ccccc21)C(=O)NC[C@@H]1CCC[C@@H]1C(=O)O. The van der Waals surface area contributed by atoms with Crippen LogP contribution in [-0.4, -0.2) is 55.5 Å². The normalized spacial score (nSPS) is 20.4. The molecular weight excluding hydrogens is 448 g/mol. The second-order valence-corrected chi connectivity index (χ2v) is 9.56. The molecule has 0 spiro atoms. The number of hydrogen-bond donors (Lipinski definition) is 3. The molecule has 2 aromatic rings. The highest BCUT2D eigenvalue weighted by Crippen LogP contribution is 2.44. The molecule has 0 aromatic heterocycles. The van der Waals surface area contributed by atoms with E-state index in [0.29, 0.717) is 6.42 Å². The van der Waals surface area contributed by atoms with Gasteiger partial charge in [0.15, 0.2) is 0 Å². The predicted octanol–water partition coefficient (Wildman–Crippen LogP) is 3.55. The van der Waals surface area contributed by atoms with E-state index >= 15 is 0 Å². The maximum Gasteiger partial charge on any atom is 0.408 e. The molecule has 186 valence electrons. The summed E-state index contributed by atoms with van der Waals surface area (Å²) in [5.74, 6) is -1.95. The summed E-state index contributed by atoms with van der Waals surface area (Å²) in [6.07, 6.45) is 1.47. The Morgan fingerprint density at radius 3 is 2.26 bits per heavy atom. The lowest BCUT2D eigenvalue weighted by Crippen LogP contribution is -2.60. The number of fused-ring (bicyclic) bond motifs is 3. The van der Waals surface area contributed by atoms with Crippen LogP contribution >= 0.6 is 0 Å². The van der Waals surface area contributed by atoms with E-state index in [0.717, 1.165) is 35.1 Å². The lowest BCUT2D eigenvalue weighted by atomic mass is 9.95. The zero-order chi connectivity index (χ0) is 25.0. The van der Waals surface area contributed by atoms with Crippen molar-refractivity contribution in [3.63, 3.8) is 0 Å². The molecule has 3 atom stereocenters. The van der Waals surface area contributed by atoms with E-state index < -0.39 is 29.4 Å². The number of aliphatic carboxylic acids is 1. The average molecular weight is 481 g/mol. The maximum absolute atomic E-state index is 13.0. The number of nitrogens with one attached hydrogen (secondary N) is 2. The molecule has 0 bridgehead atoms. The summed E-state index contributed by atoms with van der Waals surface area (Å²) in [5.41, 5.74) is 3.10. The Morgan fingerprint density at radius 2 is 1.66 bits per heavy atom. The van der Waals surface area contributed by atoms with Crippen molar-refractivity contribution in [3.8, 4) is 11.1 Å². The zero-order valence-corrected chi connectivity index (χ0v) is 20.1. The van der Waals surface area contributed by atoms with Crippen molar-refractivity contribution in [1.29, 1.82) is 0 Å². The van der Waals surface area contributed by atoms with Gasteiger partial charge in [0, 0.05) is 19.6 Å². The van der Waals surface area contributed by atoms with Crippen LogP contribution in [0.15, 0.2) is 48.5 Å². The van der Waals surface area contributed by atoms with Crippen molar-refractivity contribution in [2.45, 2.75) is 37.6 Å². The minimum absolute atomic E-state index is 0.0595. The van der Waals surface area contributed by atoms with Gasteiger partial charge in [0.25, 0.3) is 0 Å². The summed E-state index contributed by atoms with van der Waals surface area (Å²) in [6, 6.07) is 16.1. The van der Waals surface area contributed by atoms with Gasteiger partial charge >= 0.3 is 12.1 Å². The lowest BCUT2D eigenvalue weighted by molar-refractivity contribution is -0.143. The second-order valence-electron chi connectivity index (χ2n) is 9.56. The van der Waals surface area contributed by atoms with Crippen LogP contribution in [0.2, 0.25) is 0 Å². The Balaban J connectivity index is 1.38. The van der Waals surface area contributed by atoms with Crippen LogP contribution in [0.1, 0.15) is 43.2 Å². The number of alkyl carbamates (subject to hydrolysis) is 1. The number of benzene rings is 2. The fraction of sp³-hybridized carbons (Fsp3) is 0.444. The number of carbonyl (C=O) groups excluding carboxylic acids is 2. The highest BCUT2D eigenvalue weighted by Gasteiger charge is 2.38. The summed E-state index contributed by atoms with van der Waals surface area (Å²) in [5, 5.41) is 14.8. The third-order valence-corrected chi connectivity index (χ3v) is 7.16. The summed E-state index contributed by atoms with van der Waals surface area (Å²) >= 11 is 0. The molecule has 1 fully saturated rings. The van der Waals surface area contributed by atoms with Crippen LogP contribution in [0.5, 0.6) is 0 Å². The van der Waals surface area contributed by atoms with Gasteiger partial charge in [0.1, 0.15) is 12.1 Å². The minimum Gasteiger partial charge on any atom is -0.481 e. The van der Waals surface area contributed by atoms with E-state index in [1.165, 1.54) is 7.11 Å². The smallest absolute Gasteiger partial charge is 0.408 e. The highest BCUT2D eigenvalue weighted by atomic mass is 16.5. The molecular formula is C27H32N2O6. The van der Waals surface area contributed by atoms with Crippen LogP contribution in [0.25, 0.3) is 11.1 Å². The molecule has 8 heteroatoms. The number of rotatable bonds is 9. The molecule has 1 saturated carbocycles. The predicted molar refractivity (Wildman–Crippen MR) is 130 cm³/mol. The Bertz CT molecular complexity index is 1060. The summed E-state index contributed by atoms with van der Waals surface area (Å²) in [6.45, 7) is 1.88. The molecule has 2 aromatic carbocycles. The van der Waals surface area contributed by atoms with Crippen LogP contribution in [-0.2, 0) is 19.1 Å².